The van der Waals surface area contributed by atoms with E-state index in [0.29, 0.717) is 35.5 Å². The largest absolute Gasteiger partial charge is 0.371 e. The number of rotatable bonds is 11. The zero-order chi connectivity index (χ0) is 44.0. The molecule has 3 fully saturated rings. The first kappa shape index (κ1) is 41.5. The topological polar surface area (TPSA) is 188 Å². The number of hydrogen-bond donors (Lipinski definition) is 3. The van der Waals surface area contributed by atoms with E-state index in [-0.39, 0.29) is 35.9 Å². The van der Waals surface area contributed by atoms with E-state index in [9.17, 15) is 24.0 Å². The lowest BCUT2D eigenvalue weighted by molar-refractivity contribution is -0.136. The van der Waals surface area contributed by atoms with E-state index in [1.165, 1.54) is 5.56 Å². The molecular weight excluding hydrogens is 799 g/mol. The van der Waals surface area contributed by atoms with E-state index >= 15 is 0 Å². The molecule has 3 saturated heterocycles. The Balaban J connectivity index is 0.726. The minimum Gasteiger partial charge on any atom is -0.371 e. The molecule has 1 unspecified atom stereocenters. The molecule has 16 nitrogen and oxygen atoms in total. The summed E-state index contributed by atoms with van der Waals surface area (Å²) in [6.45, 7) is 13.2. The molecule has 0 radical (unpaired) electrons. The third kappa shape index (κ3) is 8.67. The highest BCUT2D eigenvalue weighted by Crippen LogP contribution is 2.35. The normalized spacial score (nSPS) is 18.6. The zero-order valence-electron chi connectivity index (χ0n) is 35.9. The van der Waals surface area contributed by atoms with Crippen molar-refractivity contribution in [3.63, 3.8) is 0 Å². The molecule has 4 aliphatic heterocycles. The van der Waals surface area contributed by atoms with Crippen LogP contribution in [0.5, 0.6) is 0 Å². The van der Waals surface area contributed by atoms with Crippen molar-refractivity contribution in [1.82, 2.24) is 45.4 Å². The summed E-state index contributed by atoms with van der Waals surface area (Å²) in [4.78, 5) is 78.3. The van der Waals surface area contributed by atoms with Crippen LogP contribution in [0.1, 0.15) is 100 Å². The van der Waals surface area contributed by atoms with Crippen LogP contribution in [0.2, 0.25) is 0 Å². The van der Waals surface area contributed by atoms with Gasteiger partial charge in [0.25, 0.3) is 17.7 Å². The average Bonchev–Trinajstić information content (AvgIpc) is 3.86. The molecule has 1 atom stereocenters. The lowest BCUT2D eigenvalue weighted by atomic mass is 9.88. The van der Waals surface area contributed by atoms with Crippen LogP contribution in [0.3, 0.4) is 0 Å². The summed E-state index contributed by atoms with van der Waals surface area (Å²) in [7, 11) is 0. The number of aromatic nitrogens is 5. The number of anilines is 3. The van der Waals surface area contributed by atoms with Gasteiger partial charge < -0.3 is 20.4 Å². The third-order valence-corrected chi connectivity index (χ3v) is 12.6. The van der Waals surface area contributed by atoms with Gasteiger partial charge >= 0.3 is 0 Å². The van der Waals surface area contributed by atoms with Crippen LogP contribution < -0.4 is 20.9 Å². The molecule has 3 N–H and O–H groups in total. The van der Waals surface area contributed by atoms with Crippen LogP contribution in [0.4, 0.5) is 17.3 Å². The maximum atomic E-state index is 13.3. The maximum absolute atomic E-state index is 13.3. The fourth-order valence-corrected chi connectivity index (χ4v) is 8.93. The number of nitrogens with zero attached hydrogens (tertiary/aromatic N) is 8. The lowest BCUT2D eigenvalue weighted by Gasteiger charge is -2.44. The molecule has 324 valence electrons. The van der Waals surface area contributed by atoms with Crippen molar-refractivity contribution in [3.05, 3.63) is 113 Å². The van der Waals surface area contributed by atoms with Gasteiger partial charge in [0.15, 0.2) is 5.69 Å². The second-order valence-corrected chi connectivity index (χ2v) is 18.1. The Kier molecular flexibility index (Phi) is 11.1. The molecule has 5 amide bonds. The van der Waals surface area contributed by atoms with Gasteiger partial charge in [-0.05, 0) is 125 Å². The van der Waals surface area contributed by atoms with Gasteiger partial charge in [-0.3, -0.25) is 34.2 Å². The number of likely N-dealkylation sites (tertiary alicyclic amines) is 1. The first-order chi connectivity index (χ1) is 30.3. The van der Waals surface area contributed by atoms with Crippen molar-refractivity contribution >= 4 is 46.9 Å². The van der Waals surface area contributed by atoms with Crippen LogP contribution in [-0.4, -0.2) is 103 Å². The second kappa shape index (κ2) is 16.8. The summed E-state index contributed by atoms with van der Waals surface area (Å²) in [5.41, 5.74) is 7.55. The number of hydrogen-bond acceptors (Lipinski definition) is 12. The smallest absolute Gasteiger partial charge is 0.273 e. The van der Waals surface area contributed by atoms with E-state index in [4.69, 9.17) is 4.98 Å². The van der Waals surface area contributed by atoms with Gasteiger partial charge in [0.2, 0.25) is 17.8 Å². The number of aryl methyl sites for hydroxylation is 1. The molecule has 4 aliphatic rings. The summed E-state index contributed by atoms with van der Waals surface area (Å²) in [6.07, 6.45) is 5.82. The Bertz CT molecular complexity index is 2600. The minimum atomic E-state index is -0.968. The Hall–Kier alpha value is -6.81. The predicted molar refractivity (Wildman–Crippen MR) is 235 cm³/mol. The number of carbonyl (C=O) groups excluding carboxylic acids is 5. The Morgan fingerprint density at radius 3 is 2.37 bits per heavy atom. The molecule has 0 saturated carbocycles. The second-order valence-electron chi connectivity index (χ2n) is 18.1. The molecule has 0 aliphatic carbocycles. The van der Waals surface area contributed by atoms with Crippen molar-refractivity contribution in [3.8, 4) is 11.3 Å². The average molecular weight is 850 g/mol. The Morgan fingerprint density at radius 2 is 1.65 bits per heavy atom. The van der Waals surface area contributed by atoms with Crippen LogP contribution in [-0.2, 0) is 21.7 Å². The lowest BCUT2D eigenvalue weighted by Crippen LogP contribution is -2.54. The van der Waals surface area contributed by atoms with Crippen LogP contribution in [0.25, 0.3) is 11.3 Å². The standard InChI is InChI=1S/C47H51N11O5/c1-28-21-32(5-6-33(28)23-49-42(60)39-27-57(54-53-39)47(2,3)4)38-15-18-48-46(51-38)50-34-9-7-30(8-10-34)31-16-19-55(20-17-31)24-29-25-56(26-29)35-11-12-36-37(22-35)45(63)58(44(36)62)40-13-14-41(59)52-43(40)61/h5-12,15,18,21-22,27,29,31,40H,13-14,16-17,19-20,23-26H2,1-4H3,(H,49,60)(H,48,50,51)(H,52,59,61). The quantitative estimate of drug-likeness (QED) is 0.148. The van der Waals surface area contributed by atoms with Crippen molar-refractivity contribution in [2.75, 3.05) is 42.9 Å². The van der Waals surface area contributed by atoms with E-state index in [1.807, 2.05) is 52.0 Å². The number of imide groups is 2. The third-order valence-electron chi connectivity index (χ3n) is 12.6. The predicted octanol–water partition coefficient (Wildman–Crippen LogP) is 5.19. The summed E-state index contributed by atoms with van der Waals surface area (Å²) < 4.78 is 1.68. The zero-order valence-corrected chi connectivity index (χ0v) is 35.9. The van der Waals surface area contributed by atoms with Crippen molar-refractivity contribution in [2.45, 2.75) is 77.4 Å². The Morgan fingerprint density at radius 1 is 0.889 bits per heavy atom. The summed E-state index contributed by atoms with van der Waals surface area (Å²) in [5, 5.41) is 16.7. The molecule has 9 rings (SSSR count). The fourth-order valence-electron chi connectivity index (χ4n) is 8.93. The van der Waals surface area contributed by atoms with E-state index in [1.54, 1.807) is 29.2 Å². The molecule has 6 heterocycles. The molecule has 3 aromatic carbocycles. The number of fused-ring (bicyclic) bond motifs is 1. The molecule has 0 spiro atoms. The van der Waals surface area contributed by atoms with Gasteiger partial charge in [-0.2, -0.15) is 0 Å². The van der Waals surface area contributed by atoms with Crippen LogP contribution >= 0.6 is 0 Å². The maximum Gasteiger partial charge on any atom is 0.273 e. The van der Waals surface area contributed by atoms with Crippen molar-refractivity contribution in [2.24, 2.45) is 5.92 Å². The fraction of sp³-hybridized carbons (Fsp3) is 0.383. The molecule has 5 aromatic rings. The van der Waals surface area contributed by atoms with Gasteiger partial charge in [0, 0.05) is 61.7 Å². The highest BCUT2D eigenvalue weighted by atomic mass is 16.2. The summed E-state index contributed by atoms with van der Waals surface area (Å²) in [6, 6.07) is 20.9. The molecular formula is C47H51N11O5. The first-order valence-electron chi connectivity index (χ1n) is 21.6. The van der Waals surface area contributed by atoms with Gasteiger partial charge in [0.05, 0.1) is 28.6 Å². The monoisotopic (exact) mass is 849 g/mol. The molecule has 63 heavy (non-hydrogen) atoms. The summed E-state index contributed by atoms with van der Waals surface area (Å²) in [5.74, 6) is -0.717. The number of carbonyl (C=O) groups is 5. The minimum absolute atomic E-state index is 0.0949. The van der Waals surface area contributed by atoms with Crippen LogP contribution in [0.15, 0.2) is 79.1 Å². The number of benzene rings is 3. The van der Waals surface area contributed by atoms with Gasteiger partial charge in [-0.25, -0.2) is 14.6 Å². The van der Waals surface area contributed by atoms with Gasteiger partial charge in [0.1, 0.15) is 6.04 Å². The van der Waals surface area contributed by atoms with E-state index in [2.05, 4.69) is 71.4 Å². The number of amides is 5. The van der Waals surface area contributed by atoms with Crippen LogP contribution in [0, 0.1) is 12.8 Å². The summed E-state index contributed by atoms with van der Waals surface area (Å²) >= 11 is 0. The molecule has 16 heteroatoms. The van der Waals surface area contributed by atoms with E-state index in [0.717, 1.165) is 84.2 Å². The number of piperidine rings is 2. The highest BCUT2D eigenvalue weighted by Gasteiger charge is 2.45. The number of nitrogens with one attached hydrogen (secondary N) is 3. The molecule has 2 aromatic heterocycles. The van der Waals surface area contributed by atoms with Gasteiger partial charge in [-0.1, -0.05) is 29.5 Å². The van der Waals surface area contributed by atoms with E-state index < -0.39 is 23.8 Å². The SMILES string of the molecule is Cc1cc(-c2ccnc(Nc3ccc(C4CCN(CC5CN(c6ccc7c(c6)C(=O)N(C6CCC(=O)NC6=O)C7=O)C5)CC4)cc3)n2)ccc1CNC(=O)c1cn(C(C)(C)C)nn1. The van der Waals surface area contributed by atoms with Crippen molar-refractivity contribution < 1.29 is 24.0 Å². The van der Waals surface area contributed by atoms with Gasteiger partial charge in [-0.15, -0.1) is 5.10 Å². The van der Waals surface area contributed by atoms with Crippen molar-refractivity contribution in [1.29, 1.82) is 0 Å². The Labute approximate surface area is 365 Å². The molecule has 0 bridgehead atoms. The first-order valence-corrected chi connectivity index (χ1v) is 21.6. The highest BCUT2D eigenvalue weighted by molar-refractivity contribution is 6.23.